The molecule has 2 heterocycles. The van der Waals surface area contributed by atoms with Crippen LogP contribution in [0.1, 0.15) is 19.3 Å². The quantitative estimate of drug-likeness (QED) is 0.259. The molecule has 2 unspecified atom stereocenters. The first kappa shape index (κ1) is 18.0. The third kappa shape index (κ3) is 6.72. The maximum absolute atomic E-state index is 4.46. The van der Waals surface area contributed by atoms with Crippen molar-refractivity contribution in [2.24, 2.45) is 0 Å². The van der Waals surface area contributed by atoms with Crippen molar-refractivity contribution in [2.75, 3.05) is 12.3 Å². The van der Waals surface area contributed by atoms with Gasteiger partial charge in [-0.1, -0.05) is 18.6 Å². The molecule has 0 aromatic carbocycles. The Labute approximate surface area is 155 Å². The van der Waals surface area contributed by atoms with Gasteiger partial charge in [0, 0.05) is 23.5 Å². The van der Waals surface area contributed by atoms with Crippen LogP contribution >= 0.6 is 55.2 Å². The van der Waals surface area contributed by atoms with E-state index in [-0.39, 0.29) is 11.1 Å². The number of pyridine rings is 2. The molecule has 0 spiro atoms. The van der Waals surface area contributed by atoms with Gasteiger partial charge in [0.25, 0.3) is 0 Å². The monoisotopic (exact) mass is 542 g/mol. The summed E-state index contributed by atoms with van der Waals surface area (Å²) in [5.41, 5.74) is 2.35. The van der Waals surface area contributed by atoms with Crippen LogP contribution in [0, 0.1) is 0 Å². The first-order valence-electron chi connectivity index (χ1n) is 6.96. The highest BCUT2D eigenvalue weighted by Gasteiger charge is 2.09. The van der Waals surface area contributed by atoms with Crippen LogP contribution in [-0.4, -0.2) is 22.3 Å². The zero-order valence-electron chi connectivity index (χ0n) is 11.7. The molecule has 0 radical (unpaired) electrons. The molecule has 2 atom stereocenters. The zero-order valence-corrected chi connectivity index (χ0v) is 17.8. The van der Waals surface area contributed by atoms with E-state index >= 15 is 0 Å². The minimum atomic E-state index is -0.101. The normalized spacial score (nSPS) is 13.8. The molecule has 0 aliphatic heterocycles. The summed E-state index contributed by atoms with van der Waals surface area (Å²) >= 11 is 5.15. The van der Waals surface area contributed by atoms with Crippen LogP contribution in [0.5, 0.6) is 0 Å². The molecule has 0 aliphatic carbocycles. The molecule has 2 aromatic heterocycles. The Kier molecular flexibility index (Phi) is 8.90. The molecule has 6 heteroatoms. The molecular weight excluding hydrogens is 524 g/mol. The molecule has 0 saturated heterocycles. The number of nitrogens with zero attached hydrogens (tertiary/aromatic N) is 2. The van der Waals surface area contributed by atoms with Gasteiger partial charge in [0.05, 0.1) is 10.9 Å². The van der Waals surface area contributed by atoms with Crippen LogP contribution < -0.4 is 10.9 Å². The van der Waals surface area contributed by atoms with Crippen molar-refractivity contribution in [1.29, 1.82) is 0 Å². The first-order chi connectivity index (χ1) is 10.3. The lowest BCUT2D eigenvalue weighted by molar-refractivity contribution is 0.783. The fraction of sp³-hybridized carbons (Fsp3) is 0.333. The van der Waals surface area contributed by atoms with Crippen molar-refractivity contribution in [3.63, 3.8) is 0 Å². The van der Waals surface area contributed by atoms with E-state index in [1.807, 2.05) is 24.5 Å². The van der Waals surface area contributed by atoms with Crippen molar-refractivity contribution < 1.29 is 0 Å². The van der Waals surface area contributed by atoms with Gasteiger partial charge in [-0.2, -0.15) is 0 Å². The number of aromatic nitrogens is 2. The van der Waals surface area contributed by atoms with Gasteiger partial charge in [-0.25, -0.2) is 0 Å². The van der Waals surface area contributed by atoms with Crippen LogP contribution in [0.25, 0.3) is 0 Å². The summed E-state index contributed by atoms with van der Waals surface area (Å²) < 4.78 is 0. The first-order valence-corrected chi connectivity index (χ1v) is 15.6. The average Bonchev–Trinajstić information content (AvgIpc) is 2.55. The Balaban J connectivity index is 1.62. The summed E-state index contributed by atoms with van der Waals surface area (Å²) in [5, 5.41) is 0. The van der Waals surface area contributed by atoms with E-state index in [9.17, 15) is 0 Å². The van der Waals surface area contributed by atoms with Gasteiger partial charge < -0.3 is 0 Å². The number of unbranched alkanes of at least 4 members (excludes halogenated alkanes) is 2. The fourth-order valence-corrected chi connectivity index (χ4v) is 8.00. The third-order valence-electron chi connectivity index (χ3n) is 3.00. The van der Waals surface area contributed by atoms with Crippen molar-refractivity contribution in [3.05, 3.63) is 48.8 Å². The van der Waals surface area contributed by atoms with Crippen molar-refractivity contribution >= 4 is 66.1 Å². The predicted octanol–water partition coefficient (Wildman–Crippen LogP) is 5.26. The fourth-order valence-electron chi connectivity index (χ4n) is 1.90. The highest BCUT2D eigenvalue weighted by Crippen LogP contribution is 2.45. The summed E-state index contributed by atoms with van der Waals surface area (Å²) in [6.45, 7) is 0. The number of halogens is 2. The standard InChI is InChI=1S/C15H18I2N2P2/c16-20(14-8-2-4-10-18-14)12-6-1-7-13-21(17)15-9-3-5-11-19-15/h2-5,8-11H,1,6-7,12-13H2. The highest BCUT2D eigenvalue weighted by atomic mass is 127. The van der Waals surface area contributed by atoms with Gasteiger partial charge in [-0.05, 0) is 93.5 Å². The molecule has 0 fully saturated rings. The van der Waals surface area contributed by atoms with E-state index in [1.165, 1.54) is 42.5 Å². The smallest absolute Gasteiger partial charge is 0.0732 e. The molecular formula is C15H18I2N2P2. The lowest BCUT2D eigenvalue weighted by Crippen LogP contribution is -2.04. The van der Waals surface area contributed by atoms with Gasteiger partial charge >= 0.3 is 0 Å². The Morgan fingerprint density at radius 3 is 1.57 bits per heavy atom. The van der Waals surface area contributed by atoms with Gasteiger partial charge in [0.2, 0.25) is 0 Å². The molecule has 0 aliphatic rings. The SMILES string of the molecule is IP(CCCCCP(I)c1ccccn1)c1ccccn1. The Morgan fingerprint density at radius 1 is 0.714 bits per heavy atom. The molecule has 0 N–H and O–H groups in total. The minimum absolute atomic E-state index is 0.101. The van der Waals surface area contributed by atoms with Gasteiger partial charge in [-0.3, -0.25) is 9.97 Å². The highest BCUT2D eigenvalue weighted by molar-refractivity contribution is 14.2. The molecule has 2 nitrogen and oxygen atoms in total. The maximum atomic E-state index is 4.46. The largest absolute Gasteiger partial charge is 0.256 e. The van der Waals surface area contributed by atoms with Crippen LogP contribution in [0.2, 0.25) is 0 Å². The van der Waals surface area contributed by atoms with Gasteiger partial charge in [0.15, 0.2) is 0 Å². The average molecular weight is 542 g/mol. The summed E-state index contributed by atoms with van der Waals surface area (Å²) in [5.74, 6) is 0. The zero-order chi connectivity index (χ0) is 14.9. The van der Waals surface area contributed by atoms with E-state index in [0.717, 1.165) is 0 Å². The van der Waals surface area contributed by atoms with Crippen molar-refractivity contribution in [2.45, 2.75) is 19.3 Å². The lowest BCUT2D eigenvalue weighted by Gasteiger charge is -2.11. The molecule has 21 heavy (non-hydrogen) atoms. The molecule has 0 saturated carbocycles. The van der Waals surface area contributed by atoms with E-state index in [0.29, 0.717) is 0 Å². The predicted molar refractivity (Wildman–Crippen MR) is 113 cm³/mol. The second-order valence-electron chi connectivity index (χ2n) is 4.61. The van der Waals surface area contributed by atoms with Crippen LogP contribution in [0.4, 0.5) is 0 Å². The minimum Gasteiger partial charge on any atom is -0.256 e. The van der Waals surface area contributed by atoms with E-state index < -0.39 is 0 Å². The number of hydrogen-bond acceptors (Lipinski definition) is 2. The van der Waals surface area contributed by atoms with Gasteiger partial charge in [-0.15, -0.1) is 0 Å². The number of rotatable bonds is 8. The topological polar surface area (TPSA) is 25.8 Å². The summed E-state index contributed by atoms with van der Waals surface area (Å²) in [6.07, 6.45) is 10.3. The van der Waals surface area contributed by atoms with Crippen molar-refractivity contribution in [3.8, 4) is 0 Å². The number of hydrogen-bond donors (Lipinski definition) is 0. The van der Waals surface area contributed by atoms with Crippen molar-refractivity contribution in [1.82, 2.24) is 9.97 Å². The summed E-state index contributed by atoms with van der Waals surface area (Å²) in [4.78, 5) is 8.92. The van der Waals surface area contributed by atoms with Crippen LogP contribution in [0.3, 0.4) is 0 Å². The second kappa shape index (κ2) is 10.4. The van der Waals surface area contributed by atoms with Crippen LogP contribution in [-0.2, 0) is 0 Å². The van der Waals surface area contributed by atoms with E-state index in [1.54, 1.807) is 0 Å². The van der Waals surface area contributed by atoms with Crippen LogP contribution in [0.15, 0.2) is 48.8 Å². The lowest BCUT2D eigenvalue weighted by atomic mass is 10.3. The Morgan fingerprint density at radius 2 is 1.19 bits per heavy atom. The molecule has 2 aromatic rings. The molecule has 0 amide bonds. The second-order valence-corrected chi connectivity index (χ2v) is 14.9. The Bertz CT molecular complexity index is 466. The Hall–Kier alpha value is 0.620. The van der Waals surface area contributed by atoms with Gasteiger partial charge in [0.1, 0.15) is 0 Å². The summed E-state index contributed by atoms with van der Waals surface area (Å²) in [6, 6.07) is 12.5. The molecule has 0 bridgehead atoms. The molecule has 2 rings (SSSR count). The maximum Gasteiger partial charge on any atom is 0.0732 e. The molecule has 112 valence electrons. The van der Waals surface area contributed by atoms with E-state index in [4.69, 9.17) is 0 Å². The van der Waals surface area contributed by atoms with E-state index in [2.05, 4.69) is 78.3 Å². The summed E-state index contributed by atoms with van der Waals surface area (Å²) in [7, 11) is 0. The third-order valence-corrected chi connectivity index (χ3v) is 11.8.